The summed E-state index contributed by atoms with van der Waals surface area (Å²) >= 11 is 0. The van der Waals surface area contributed by atoms with E-state index in [0.29, 0.717) is 13.0 Å². The molecule has 2 aliphatic rings. The molecule has 6 heteroatoms. The zero-order valence-corrected chi connectivity index (χ0v) is 15.7. The smallest absolute Gasteiger partial charge is 0.241 e. The van der Waals surface area contributed by atoms with Crippen LogP contribution in [0.25, 0.3) is 0 Å². The molecule has 1 amide bonds. The van der Waals surface area contributed by atoms with Crippen LogP contribution >= 0.6 is 0 Å². The Morgan fingerprint density at radius 3 is 2.67 bits per heavy atom. The molecule has 0 spiro atoms. The summed E-state index contributed by atoms with van der Waals surface area (Å²) in [6.07, 6.45) is 1.59. The van der Waals surface area contributed by atoms with Gasteiger partial charge in [-0.25, -0.2) is 10.9 Å². The highest BCUT2D eigenvalue weighted by Gasteiger charge is 2.35. The summed E-state index contributed by atoms with van der Waals surface area (Å²) in [6.45, 7) is 1.45. The zero-order valence-electron chi connectivity index (χ0n) is 15.7. The summed E-state index contributed by atoms with van der Waals surface area (Å²) in [5.41, 5.74) is 10.0. The molecule has 2 atom stereocenters. The van der Waals surface area contributed by atoms with Gasteiger partial charge in [0.2, 0.25) is 5.91 Å². The molecule has 27 heavy (non-hydrogen) atoms. The molecular formula is C21H25N3O3. The van der Waals surface area contributed by atoms with Crippen molar-refractivity contribution in [2.45, 2.75) is 31.5 Å². The summed E-state index contributed by atoms with van der Waals surface area (Å²) in [7, 11) is 3.28. The predicted molar refractivity (Wildman–Crippen MR) is 103 cm³/mol. The molecule has 2 N–H and O–H groups in total. The lowest BCUT2D eigenvalue weighted by Crippen LogP contribution is -2.47. The molecule has 0 saturated carbocycles. The second kappa shape index (κ2) is 7.58. The van der Waals surface area contributed by atoms with Crippen molar-refractivity contribution in [2.24, 2.45) is 0 Å². The van der Waals surface area contributed by atoms with Gasteiger partial charge < -0.3 is 14.4 Å². The zero-order chi connectivity index (χ0) is 18.8. The average molecular weight is 367 g/mol. The van der Waals surface area contributed by atoms with Crippen LogP contribution in [-0.4, -0.2) is 37.6 Å². The maximum Gasteiger partial charge on any atom is 0.241 e. The summed E-state index contributed by atoms with van der Waals surface area (Å²) in [5.74, 6) is 1.65. The highest BCUT2D eigenvalue weighted by atomic mass is 16.5. The van der Waals surface area contributed by atoms with E-state index in [0.717, 1.165) is 30.0 Å². The number of hydrogen-bond acceptors (Lipinski definition) is 5. The van der Waals surface area contributed by atoms with E-state index >= 15 is 0 Å². The SMILES string of the molecule is COc1ccc(C2CC(C(=O)N3CCc4ccccc4C3)NN2)c(OC)c1. The Morgan fingerprint density at radius 1 is 1.07 bits per heavy atom. The number of amides is 1. The van der Waals surface area contributed by atoms with Crippen LogP contribution in [0, 0.1) is 0 Å². The monoisotopic (exact) mass is 367 g/mol. The Hall–Kier alpha value is -2.57. The molecule has 4 rings (SSSR count). The summed E-state index contributed by atoms with van der Waals surface area (Å²) in [5, 5.41) is 0. The fourth-order valence-electron chi connectivity index (χ4n) is 3.93. The molecule has 2 aromatic rings. The van der Waals surface area contributed by atoms with Crippen LogP contribution in [-0.2, 0) is 17.8 Å². The molecule has 2 heterocycles. The second-order valence-corrected chi connectivity index (χ2v) is 7.02. The molecule has 142 valence electrons. The molecule has 1 saturated heterocycles. The first-order valence-electron chi connectivity index (χ1n) is 9.28. The fraction of sp³-hybridized carbons (Fsp3) is 0.381. The molecule has 0 radical (unpaired) electrons. The van der Waals surface area contributed by atoms with Crippen LogP contribution in [0.5, 0.6) is 11.5 Å². The molecule has 0 aromatic heterocycles. The largest absolute Gasteiger partial charge is 0.497 e. The molecule has 2 unspecified atom stereocenters. The number of fused-ring (bicyclic) bond motifs is 1. The Morgan fingerprint density at radius 2 is 1.89 bits per heavy atom. The van der Waals surface area contributed by atoms with Crippen LogP contribution in [0.2, 0.25) is 0 Å². The summed E-state index contributed by atoms with van der Waals surface area (Å²) in [6, 6.07) is 13.9. The lowest BCUT2D eigenvalue weighted by Gasteiger charge is -2.30. The standard InChI is InChI=1S/C21H25N3O3/c1-26-16-7-8-17(20(11-16)27-2)18-12-19(23-22-18)21(25)24-10-9-14-5-3-4-6-15(14)13-24/h3-8,11,18-19,22-23H,9-10,12-13H2,1-2H3. The quantitative estimate of drug-likeness (QED) is 0.867. The summed E-state index contributed by atoms with van der Waals surface area (Å²) < 4.78 is 10.8. The first-order valence-corrected chi connectivity index (χ1v) is 9.28. The van der Waals surface area contributed by atoms with Crippen molar-refractivity contribution in [1.82, 2.24) is 15.8 Å². The molecule has 6 nitrogen and oxygen atoms in total. The molecule has 0 aliphatic carbocycles. The van der Waals surface area contributed by atoms with Gasteiger partial charge in [-0.15, -0.1) is 0 Å². The number of ether oxygens (including phenoxy) is 2. The lowest BCUT2D eigenvalue weighted by molar-refractivity contribution is -0.134. The van der Waals surface area contributed by atoms with Gasteiger partial charge in [-0.1, -0.05) is 30.3 Å². The van der Waals surface area contributed by atoms with E-state index in [9.17, 15) is 4.79 Å². The minimum Gasteiger partial charge on any atom is -0.497 e. The number of nitrogens with zero attached hydrogens (tertiary/aromatic N) is 1. The molecule has 2 aromatic carbocycles. The lowest BCUT2D eigenvalue weighted by atomic mass is 9.97. The van der Waals surface area contributed by atoms with Crippen molar-refractivity contribution in [3.05, 3.63) is 59.2 Å². The number of benzene rings is 2. The number of nitrogens with one attached hydrogen (secondary N) is 2. The maximum atomic E-state index is 13.0. The normalized spacial score (nSPS) is 21.6. The number of methoxy groups -OCH3 is 2. The van der Waals surface area contributed by atoms with E-state index in [2.05, 4.69) is 29.1 Å². The van der Waals surface area contributed by atoms with E-state index in [4.69, 9.17) is 9.47 Å². The molecule has 0 bridgehead atoms. The van der Waals surface area contributed by atoms with Crippen molar-refractivity contribution >= 4 is 5.91 Å². The third-order valence-electron chi connectivity index (χ3n) is 5.46. The first-order chi connectivity index (χ1) is 13.2. The highest BCUT2D eigenvalue weighted by Crippen LogP contribution is 2.33. The maximum absolute atomic E-state index is 13.0. The summed E-state index contributed by atoms with van der Waals surface area (Å²) in [4.78, 5) is 15.0. The number of carbonyl (C=O) groups is 1. The van der Waals surface area contributed by atoms with E-state index in [-0.39, 0.29) is 18.0 Å². The topological polar surface area (TPSA) is 62.8 Å². The number of hydrogen-bond donors (Lipinski definition) is 2. The molecule has 1 fully saturated rings. The van der Waals surface area contributed by atoms with Crippen LogP contribution in [0.15, 0.2) is 42.5 Å². The van der Waals surface area contributed by atoms with Gasteiger partial charge in [0.25, 0.3) is 0 Å². The average Bonchev–Trinajstić information content (AvgIpc) is 3.22. The van der Waals surface area contributed by atoms with Gasteiger partial charge in [-0.3, -0.25) is 4.79 Å². The van der Waals surface area contributed by atoms with Crippen LogP contribution in [0.3, 0.4) is 0 Å². The van der Waals surface area contributed by atoms with Gasteiger partial charge in [0.05, 0.1) is 20.3 Å². The van der Waals surface area contributed by atoms with Crippen molar-refractivity contribution in [3.63, 3.8) is 0 Å². The van der Waals surface area contributed by atoms with Gasteiger partial charge in [0.15, 0.2) is 0 Å². The van der Waals surface area contributed by atoms with E-state index in [1.807, 2.05) is 29.2 Å². The second-order valence-electron chi connectivity index (χ2n) is 7.02. The van der Waals surface area contributed by atoms with E-state index in [1.54, 1.807) is 14.2 Å². The highest BCUT2D eigenvalue weighted by molar-refractivity contribution is 5.82. The Balaban J connectivity index is 1.45. The minimum absolute atomic E-state index is 0.0110. The van der Waals surface area contributed by atoms with Crippen molar-refractivity contribution in [2.75, 3.05) is 20.8 Å². The number of rotatable bonds is 4. The first kappa shape index (κ1) is 17.8. The third-order valence-corrected chi connectivity index (χ3v) is 5.46. The predicted octanol–water partition coefficient (Wildman–Crippen LogP) is 2.20. The Labute approximate surface area is 159 Å². The minimum atomic E-state index is -0.243. The Bertz CT molecular complexity index is 839. The molecule has 2 aliphatic heterocycles. The van der Waals surface area contributed by atoms with Gasteiger partial charge in [-0.2, -0.15) is 0 Å². The van der Waals surface area contributed by atoms with Crippen molar-refractivity contribution in [3.8, 4) is 11.5 Å². The van der Waals surface area contributed by atoms with Gasteiger partial charge in [-0.05, 0) is 30.0 Å². The number of hydrazine groups is 1. The van der Waals surface area contributed by atoms with Crippen LogP contribution in [0.4, 0.5) is 0 Å². The van der Waals surface area contributed by atoms with Gasteiger partial charge in [0.1, 0.15) is 17.5 Å². The third kappa shape index (κ3) is 3.50. The Kier molecular flexibility index (Phi) is 5.01. The van der Waals surface area contributed by atoms with Crippen molar-refractivity contribution in [1.29, 1.82) is 0 Å². The van der Waals surface area contributed by atoms with E-state index in [1.165, 1.54) is 11.1 Å². The fourth-order valence-corrected chi connectivity index (χ4v) is 3.93. The van der Waals surface area contributed by atoms with E-state index < -0.39 is 0 Å². The van der Waals surface area contributed by atoms with Crippen LogP contribution in [0.1, 0.15) is 29.2 Å². The van der Waals surface area contributed by atoms with Gasteiger partial charge in [0, 0.05) is 24.7 Å². The van der Waals surface area contributed by atoms with Gasteiger partial charge >= 0.3 is 0 Å². The molecular weight excluding hydrogens is 342 g/mol. The van der Waals surface area contributed by atoms with Crippen LogP contribution < -0.4 is 20.3 Å². The van der Waals surface area contributed by atoms with Crippen molar-refractivity contribution < 1.29 is 14.3 Å². The number of carbonyl (C=O) groups excluding carboxylic acids is 1.